The summed E-state index contributed by atoms with van der Waals surface area (Å²) in [6.45, 7) is 0.547. The summed E-state index contributed by atoms with van der Waals surface area (Å²) in [5, 5.41) is 2.94. The summed E-state index contributed by atoms with van der Waals surface area (Å²) in [6, 6.07) is 0. The van der Waals surface area contributed by atoms with Crippen molar-refractivity contribution in [3.8, 4) is 0 Å². The Morgan fingerprint density at radius 1 is 1.00 bits per heavy atom. The Bertz CT molecular complexity index is 1060. The number of hydrogen-bond donors (Lipinski definition) is 1. The molecule has 128 valence electrons. The maximum atomic E-state index is 4.62. The molecular weight excluding hydrogens is 320 g/mol. The van der Waals surface area contributed by atoms with Crippen LogP contribution >= 0.6 is 0 Å². The van der Waals surface area contributed by atoms with E-state index in [-0.39, 0.29) is 0 Å². The highest BCUT2D eigenvalue weighted by Gasteiger charge is 2.15. The highest BCUT2D eigenvalue weighted by atomic mass is 15.3. The van der Waals surface area contributed by atoms with Crippen molar-refractivity contribution in [2.75, 3.05) is 24.3 Å². The molecule has 10 nitrogen and oxygen atoms in total. The Balaban J connectivity index is 1.67. The Morgan fingerprint density at radius 3 is 2.60 bits per heavy atom. The molecule has 0 unspecified atom stereocenters. The van der Waals surface area contributed by atoms with E-state index in [9.17, 15) is 0 Å². The molecule has 1 N–H and O–H groups in total. The molecule has 0 radical (unpaired) electrons. The maximum Gasteiger partial charge on any atom is 0.227 e. The lowest BCUT2D eigenvalue weighted by atomic mass is 10.5. The van der Waals surface area contributed by atoms with Crippen molar-refractivity contribution in [3.63, 3.8) is 0 Å². The first kappa shape index (κ1) is 15.2. The summed E-state index contributed by atoms with van der Waals surface area (Å²) >= 11 is 0. The van der Waals surface area contributed by atoms with Crippen molar-refractivity contribution in [2.24, 2.45) is 14.1 Å². The molecule has 25 heavy (non-hydrogen) atoms. The van der Waals surface area contributed by atoms with Crippen molar-refractivity contribution in [1.29, 1.82) is 0 Å². The molecule has 10 heteroatoms. The Labute approximate surface area is 143 Å². The minimum absolute atomic E-state index is 0.547. The summed E-state index contributed by atoms with van der Waals surface area (Å²) in [6.07, 6.45) is 5.18. The quantitative estimate of drug-likeness (QED) is 0.581. The van der Waals surface area contributed by atoms with Gasteiger partial charge in [-0.3, -0.25) is 0 Å². The summed E-state index contributed by atoms with van der Waals surface area (Å²) in [4.78, 5) is 28.4. The standard InChI is InChI=1S/C15H18N10/c1-16-14-17-6-10-13(21-14)25(4)11(20-10)7-23(2)15-18-5-9-12(22-15)24(3)8-19-9/h5-6,8H,7H2,1-4H3,(H,16,17,21). The van der Waals surface area contributed by atoms with E-state index in [1.807, 2.05) is 35.2 Å². The molecule has 0 aliphatic carbocycles. The topological polar surface area (TPSA) is 102 Å². The monoisotopic (exact) mass is 338 g/mol. The molecule has 0 aromatic carbocycles. The van der Waals surface area contributed by atoms with E-state index in [4.69, 9.17) is 0 Å². The molecule has 4 aromatic heterocycles. The summed E-state index contributed by atoms with van der Waals surface area (Å²) < 4.78 is 3.83. The molecule has 0 amide bonds. The number of imidazole rings is 2. The van der Waals surface area contributed by atoms with Crippen LogP contribution in [0.25, 0.3) is 22.3 Å². The molecule has 0 fully saturated rings. The molecule has 4 aromatic rings. The molecule has 0 bridgehead atoms. The van der Waals surface area contributed by atoms with Crippen molar-refractivity contribution >= 4 is 34.2 Å². The molecule has 0 saturated carbocycles. The third kappa shape index (κ3) is 2.51. The Hall–Kier alpha value is -3.30. The van der Waals surface area contributed by atoms with Gasteiger partial charge in [-0.15, -0.1) is 0 Å². The van der Waals surface area contributed by atoms with Gasteiger partial charge in [0.2, 0.25) is 11.9 Å². The van der Waals surface area contributed by atoms with Gasteiger partial charge in [-0.05, 0) is 0 Å². The Morgan fingerprint density at radius 2 is 1.80 bits per heavy atom. The zero-order chi connectivity index (χ0) is 17.6. The fourth-order valence-corrected chi connectivity index (χ4v) is 2.67. The molecule has 4 rings (SSSR count). The molecule has 0 aliphatic heterocycles. The highest BCUT2D eigenvalue weighted by Crippen LogP contribution is 2.17. The van der Waals surface area contributed by atoms with E-state index in [1.165, 1.54) is 0 Å². The van der Waals surface area contributed by atoms with E-state index in [1.54, 1.807) is 25.8 Å². The number of fused-ring (bicyclic) bond motifs is 2. The van der Waals surface area contributed by atoms with E-state index >= 15 is 0 Å². The van der Waals surface area contributed by atoms with Crippen LogP contribution < -0.4 is 10.2 Å². The predicted molar refractivity (Wildman–Crippen MR) is 94.3 cm³/mol. The van der Waals surface area contributed by atoms with E-state index in [0.29, 0.717) is 18.4 Å². The highest BCUT2D eigenvalue weighted by molar-refractivity contribution is 5.72. The molecular formula is C15H18N10. The third-order valence-electron chi connectivity index (χ3n) is 4.09. The van der Waals surface area contributed by atoms with Crippen LogP contribution in [0.1, 0.15) is 5.82 Å². The lowest BCUT2D eigenvalue weighted by molar-refractivity contribution is 0.755. The van der Waals surface area contributed by atoms with Gasteiger partial charge in [-0.2, -0.15) is 9.97 Å². The van der Waals surface area contributed by atoms with Crippen LogP contribution in [0.4, 0.5) is 11.9 Å². The average molecular weight is 338 g/mol. The number of anilines is 2. The van der Waals surface area contributed by atoms with Crippen molar-refractivity contribution in [3.05, 3.63) is 24.5 Å². The van der Waals surface area contributed by atoms with Crippen molar-refractivity contribution in [1.82, 2.24) is 39.0 Å². The van der Waals surface area contributed by atoms with Crippen LogP contribution in [0.2, 0.25) is 0 Å². The van der Waals surface area contributed by atoms with Gasteiger partial charge in [-0.1, -0.05) is 0 Å². The second-order valence-electron chi connectivity index (χ2n) is 5.83. The first-order valence-corrected chi connectivity index (χ1v) is 7.78. The largest absolute Gasteiger partial charge is 0.357 e. The molecule has 4 heterocycles. The predicted octanol–water partition coefficient (Wildman–Crippen LogP) is 0.718. The fraction of sp³-hybridized carbons (Fsp3) is 0.333. The molecule has 0 saturated heterocycles. The summed E-state index contributed by atoms with van der Waals surface area (Å²) in [5.41, 5.74) is 3.11. The fourth-order valence-electron chi connectivity index (χ4n) is 2.67. The van der Waals surface area contributed by atoms with Crippen LogP contribution in [-0.2, 0) is 20.6 Å². The molecule has 0 atom stereocenters. The van der Waals surface area contributed by atoms with Gasteiger partial charge in [0.05, 0.1) is 25.3 Å². The lowest BCUT2D eigenvalue weighted by Crippen LogP contribution is -2.21. The second kappa shape index (κ2) is 5.65. The zero-order valence-corrected chi connectivity index (χ0v) is 14.5. The smallest absolute Gasteiger partial charge is 0.227 e. The van der Waals surface area contributed by atoms with Crippen molar-refractivity contribution in [2.45, 2.75) is 6.54 Å². The first-order valence-electron chi connectivity index (χ1n) is 7.78. The van der Waals surface area contributed by atoms with Crippen LogP contribution in [0.15, 0.2) is 18.7 Å². The summed E-state index contributed by atoms with van der Waals surface area (Å²) in [7, 11) is 7.57. The number of nitrogens with one attached hydrogen (secondary N) is 1. The van der Waals surface area contributed by atoms with Crippen LogP contribution in [-0.4, -0.2) is 53.1 Å². The number of hydrogen-bond acceptors (Lipinski definition) is 8. The second-order valence-corrected chi connectivity index (χ2v) is 5.83. The number of rotatable bonds is 4. The minimum Gasteiger partial charge on any atom is -0.357 e. The van der Waals surface area contributed by atoms with E-state index in [0.717, 1.165) is 28.2 Å². The lowest BCUT2D eigenvalue weighted by Gasteiger charge is -2.16. The van der Waals surface area contributed by atoms with Crippen LogP contribution in [0.3, 0.4) is 0 Å². The van der Waals surface area contributed by atoms with Gasteiger partial charge in [-0.25, -0.2) is 19.9 Å². The minimum atomic E-state index is 0.547. The third-order valence-corrected chi connectivity index (χ3v) is 4.09. The van der Waals surface area contributed by atoms with Gasteiger partial charge >= 0.3 is 0 Å². The molecule has 0 spiro atoms. The van der Waals surface area contributed by atoms with Gasteiger partial charge in [0.1, 0.15) is 16.9 Å². The van der Waals surface area contributed by atoms with Crippen molar-refractivity contribution < 1.29 is 0 Å². The van der Waals surface area contributed by atoms with Gasteiger partial charge < -0.3 is 19.4 Å². The SMILES string of the molecule is CNc1ncc2nc(CN(C)c3ncc4ncn(C)c4n3)n(C)c2n1. The average Bonchev–Trinajstić information content (AvgIpc) is 3.15. The summed E-state index contributed by atoms with van der Waals surface area (Å²) in [5.74, 6) is 2.04. The van der Waals surface area contributed by atoms with E-state index < -0.39 is 0 Å². The van der Waals surface area contributed by atoms with Gasteiger partial charge in [0, 0.05) is 28.2 Å². The number of aryl methyl sites for hydroxylation is 2. The number of aromatic nitrogens is 8. The Kier molecular flexibility index (Phi) is 3.45. The number of nitrogens with zero attached hydrogens (tertiary/aromatic N) is 9. The van der Waals surface area contributed by atoms with Gasteiger partial charge in [0.15, 0.2) is 11.3 Å². The first-order chi connectivity index (χ1) is 12.1. The maximum absolute atomic E-state index is 4.62. The zero-order valence-electron chi connectivity index (χ0n) is 14.5. The van der Waals surface area contributed by atoms with E-state index in [2.05, 4.69) is 35.2 Å². The van der Waals surface area contributed by atoms with Crippen LogP contribution in [0, 0.1) is 0 Å². The van der Waals surface area contributed by atoms with Crippen LogP contribution in [0.5, 0.6) is 0 Å². The molecule has 0 aliphatic rings. The van der Waals surface area contributed by atoms with Gasteiger partial charge in [0.25, 0.3) is 0 Å². The normalized spacial score (nSPS) is 11.4.